The molecule has 1 unspecified atom stereocenters. The lowest BCUT2D eigenvalue weighted by Gasteiger charge is -2.35. The monoisotopic (exact) mass is 266 g/mol. The average molecular weight is 266 g/mol. The van der Waals surface area contributed by atoms with Crippen LogP contribution < -0.4 is 5.32 Å². The summed E-state index contributed by atoms with van der Waals surface area (Å²) in [6, 6.07) is -0.220. The number of imide groups is 1. The van der Waals surface area contributed by atoms with E-state index in [0.29, 0.717) is 6.54 Å². The highest BCUT2D eigenvalue weighted by atomic mass is 16.5. The lowest BCUT2D eigenvalue weighted by molar-refractivity contribution is -0.127. The number of hydrogen-bond donors (Lipinski definition) is 1. The summed E-state index contributed by atoms with van der Waals surface area (Å²) < 4.78 is 5.63. The summed E-state index contributed by atoms with van der Waals surface area (Å²) >= 11 is 0. The molecule has 106 valence electrons. The molecule has 1 spiro atoms. The van der Waals surface area contributed by atoms with E-state index < -0.39 is 5.54 Å². The van der Waals surface area contributed by atoms with E-state index in [1.54, 1.807) is 4.90 Å². The molecule has 0 aromatic rings. The van der Waals surface area contributed by atoms with Crippen LogP contribution in [0.15, 0.2) is 0 Å². The van der Waals surface area contributed by atoms with Crippen molar-refractivity contribution >= 4 is 11.9 Å². The van der Waals surface area contributed by atoms with Gasteiger partial charge in [0.1, 0.15) is 5.54 Å². The fourth-order valence-corrected chi connectivity index (χ4v) is 3.66. The molecule has 2 heterocycles. The van der Waals surface area contributed by atoms with Crippen LogP contribution in [0.1, 0.15) is 51.4 Å². The first-order valence-electron chi connectivity index (χ1n) is 7.47. The molecule has 3 fully saturated rings. The molecular formula is C14H22N2O3. The van der Waals surface area contributed by atoms with Crippen molar-refractivity contribution in [2.45, 2.75) is 63.0 Å². The maximum absolute atomic E-state index is 12.3. The van der Waals surface area contributed by atoms with Crippen molar-refractivity contribution in [3.8, 4) is 0 Å². The minimum atomic E-state index is -0.584. The van der Waals surface area contributed by atoms with Gasteiger partial charge in [-0.25, -0.2) is 4.79 Å². The van der Waals surface area contributed by atoms with Crippen LogP contribution in [0, 0.1) is 0 Å². The highest BCUT2D eigenvalue weighted by Gasteiger charge is 2.52. The van der Waals surface area contributed by atoms with Crippen molar-refractivity contribution < 1.29 is 14.3 Å². The third kappa shape index (κ3) is 2.24. The van der Waals surface area contributed by atoms with E-state index in [9.17, 15) is 9.59 Å². The van der Waals surface area contributed by atoms with E-state index in [4.69, 9.17) is 4.74 Å². The molecule has 0 aromatic heterocycles. The van der Waals surface area contributed by atoms with E-state index >= 15 is 0 Å². The van der Waals surface area contributed by atoms with E-state index in [0.717, 1.165) is 58.0 Å². The van der Waals surface area contributed by atoms with Crippen molar-refractivity contribution in [2.75, 3.05) is 13.2 Å². The third-order valence-electron chi connectivity index (χ3n) is 4.75. The first-order valence-corrected chi connectivity index (χ1v) is 7.47. The molecule has 1 atom stereocenters. The zero-order chi connectivity index (χ0) is 13.3. The smallest absolute Gasteiger partial charge is 0.325 e. The Hall–Kier alpha value is -1.10. The van der Waals surface area contributed by atoms with Gasteiger partial charge in [-0.2, -0.15) is 0 Å². The fraction of sp³-hybridized carbons (Fsp3) is 0.857. The molecule has 2 saturated heterocycles. The van der Waals surface area contributed by atoms with Crippen molar-refractivity contribution in [3.05, 3.63) is 0 Å². The summed E-state index contributed by atoms with van der Waals surface area (Å²) in [5.41, 5.74) is -0.584. The van der Waals surface area contributed by atoms with Gasteiger partial charge in [0.15, 0.2) is 0 Å². The predicted octanol–water partition coefficient (Wildman–Crippen LogP) is 1.81. The quantitative estimate of drug-likeness (QED) is 0.775. The summed E-state index contributed by atoms with van der Waals surface area (Å²) in [5.74, 6) is -0.0857. The highest BCUT2D eigenvalue weighted by molar-refractivity contribution is 6.07. The van der Waals surface area contributed by atoms with Crippen LogP contribution in [-0.2, 0) is 9.53 Å². The van der Waals surface area contributed by atoms with Gasteiger partial charge in [0.2, 0.25) is 0 Å². The Morgan fingerprint density at radius 3 is 2.53 bits per heavy atom. The number of carbonyl (C=O) groups excluding carboxylic acids is 2. The lowest BCUT2D eigenvalue weighted by atomic mass is 9.88. The molecule has 3 rings (SSSR count). The zero-order valence-corrected chi connectivity index (χ0v) is 11.3. The molecule has 2 aliphatic heterocycles. The fourth-order valence-electron chi connectivity index (χ4n) is 3.66. The number of urea groups is 1. The van der Waals surface area contributed by atoms with Gasteiger partial charge in [-0.3, -0.25) is 10.1 Å². The standard InChI is InChI=1S/C14H22N2O3/c17-12-14(7-3-1-2-4-8-14)16(13(18)15-12)10-11-6-5-9-19-11/h11H,1-10H2,(H,15,17,18). The number of hydrogen-bond acceptors (Lipinski definition) is 3. The van der Waals surface area contributed by atoms with E-state index in [1.165, 1.54) is 0 Å². The van der Waals surface area contributed by atoms with Gasteiger partial charge >= 0.3 is 6.03 Å². The zero-order valence-electron chi connectivity index (χ0n) is 11.3. The molecule has 3 amide bonds. The first kappa shape index (κ1) is 12.9. The maximum Gasteiger partial charge on any atom is 0.325 e. The third-order valence-corrected chi connectivity index (χ3v) is 4.75. The Bertz CT molecular complexity index is 369. The molecule has 1 aliphatic carbocycles. The SMILES string of the molecule is O=C1NC(=O)C2(CCCCCC2)N1CC1CCCO1. The summed E-state index contributed by atoms with van der Waals surface area (Å²) in [7, 11) is 0. The summed E-state index contributed by atoms with van der Waals surface area (Å²) in [6.45, 7) is 1.35. The number of rotatable bonds is 2. The first-order chi connectivity index (χ1) is 9.22. The van der Waals surface area contributed by atoms with Crippen molar-refractivity contribution in [1.82, 2.24) is 10.2 Å². The Labute approximate surface area is 113 Å². The average Bonchev–Trinajstić information content (AvgIpc) is 2.87. The highest BCUT2D eigenvalue weighted by Crippen LogP contribution is 2.36. The van der Waals surface area contributed by atoms with Crippen LogP contribution in [0.2, 0.25) is 0 Å². The Balaban J connectivity index is 1.80. The molecule has 19 heavy (non-hydrogen) atoms. The van der Waals surface area contributed by atoms with Crippen molar-refractivity contribution in [1.29, 1.82) is 0 Å². The largest absolute Gasteiger partial charge is 0.376 e. The normalized spacial score (nSPS) is 30.7. The number of ether oxygens (including phenoxy) is 1. The molecular weight excluding hydrogens is 244 g/mol. The van der Waals surface area contributed by atoms with Gasteiger partial charge in [0, 0.05) is 13.2 Å². The number of carbonyl (C=O) groups is 2. The maximum atomic E-state index is 12.3. The van der Waals surface area contributed by atoms with Crippen LogP contribution >= 0.6 is 0 Å². The summed E-state index contributed by atoms with van der Waals surface area (Å²) in [5, 5.41) is 2.52. The second kappa shape index (κ2) is 5.12. The predicted molar refractivity (Wildman–Crippen MR) is 69.7 cm³/mol. The van der Waals surface area contributed by atoms with Gasteiger partial charge < -0.3 is 9.64 Å². The van der Waals surface area contributed by atoms with E-state index in [-0.39, 0.29) is 18.0 Å². The number of nitrogens with one attached hydrogen (secondary N) is 1. The minimum Gasteiger partial charge on any atom is -0.376 e. The number of amides is 3. The molecule has 3 aliphatic rings. The molecule has 1 saturated carbocycles. The molecule has 0 aromatic carbocycles. The van der Waals surface area contributed by atoms with Crippen LogP contribution in [0.5, 0.6) is 0 Å². The Morgan fingerprint density at radius 1 is 1.16 bits per heavy atom. The van der Waals surface area contributed by atoms with Gasteiger partial charge in [-0.05, 0) is 25.7 Å². The van der Waals surface area contributed by atoms with Gasteiger partial charge in [0.25, 0.3) is 5.91 Å². The van der Waals surface area contributed by atoms with Crippen LogP contribution in [0.25, 0.3) is 0 Å². The minimum absolute atomic E-state index is 0.0857. The van der Waals surface area contributed by atoms with Crippen molar-refractivity contribution in [3.63, 3.8) is 0 Å². The molecule has 5 nitrogen and oxygen atoms in total. The Morgan fingerprint density at radius 2 is 1.89 bits per heavy atom. The summed E-state index contributed by atoms with van der Waals surface area (Å²) in [6.07, 6.45) is 8.15. The van der Waals surface area contributed by atoms with E-state index in [1.807, 2.05) is 0 Å². The number of nitrogens with zero attached hydrogens (tertiary/aromatic N) is 1. The second-order valence-electron chi connectivity index (χ2n) is 5.95. The molecule has 0 bridgehead atoms. The van der Waals surface area contributed by atoms with Crippen LogP contribution in [0.3, 0.4) is 0 Å². The van der Waals surface area contributed by atoms with Gasteiger partial charge in [-0.15, -0.1) is 0 Å². The molecule has 1 N–H and O–H groups in total. The summed E-state index contributed by atoms with van der Waals surface area (Å²) in [4.78, 5) is 26.2. The van der Waals surface area contributed by atoms with Gasteiger partial charge in [-0.1, -0.05) is 25.7 Å². The molecule has 5 heteroatoms. The van der Waals surface area contributed by atoms with E-state index in [2.05, 4.69) is 5.32 Å². The van der Waals surface area contributed by atoms with Crippen LogP contribution in [0.4, 0.5) is 4.79 Å². The van der Waals surface area contributed by atoms with Gasteiger partial charge in [0.05, 0.1) is 6.10 Å². The lowest BCUT2D eigenvalue weighted by Crippen LogP contribution is -2.51. The van der Waals surface area contributed by atoms with Crippen LogP contribution in [-0.4, -0.2) is 41.6 Å². The second-order valence-corrected chi connectivity index (χ2v) is 5.95. The Kier molecular flexibility index (Phi) is 3.48. The van der Waals surface area contributed by atoms with Crippen molar-refractivity contribution in [2.24, 2.45) is 0 Å². The molecule has 0 radical (unpaired) electrons. The topological polar surface area (TPSA) is 58.6 Å².